The van der Waals surface area contributed by atoms with Crippen molar-refractivity contribution in [1.29, 1.82) is 0 Å². The van der Waals surface area contributed by atoms with Gasteiger partial charge in [0.05, 0.1) is 16.2 Å². The number of unbranched alkanes of at least 4 members (excludes halogenated alkanes) is 14. The van der Waals surface area contributed by atoms with Gasteiger partial charge in [-0.3, -0.25) is 0 Å². The van der Waals surface area contributed by atoms with Gasteiger partial charge in [-0.25, -0.2) is 8.42 Å². The molecule has 1 N–H and O–H groups in total. The van der Waals surface area contributed by atoms with E-state index in [2.05, 4.69) is 13.8 Å². The summed E-state index contributed by atoms with van der Waals surface area (Å²) in [6, 6.07) is 0. The molecule has 0 spiro atoms. The van der Waals surface area contributed by atoms with E-state index in [0.29, 0.717) is 19.3 Å². The fourth-order valence-corrected chi connectivity index (χ4v) is 4.86. The van der Waals surface area contributed by atoms with Crippen LogP contribution < -0.4 is 29.6 Å². The average Bonchev–Trinajstić information content (AvgIpc) is 2.67. The zero-order valence-corrected chi connectivity index (χ0v) is 23.2. The van der Waals surface area contributed by atoms with Crippen LogP contribution in [0.25, 0.3) is 0 Å². The second-order valence-corrected chi connectivity index (χ2v) is 10.5. The molecule has 0 rings (SSSR count). The monoisotopic (exact) mass is 456 g/mol. The molecule has 0 fully saturated rings. The van der Waals surface area contributed by atoms with E-state index in [9.17, 15) is 18.1 Å². The fourth-order valence-electron chi connectivity index (χ4n) is 3.98. The molecule has 0 aliphatic rings. The van der Waals surface area contributed by atoms with Gasteiger partial charge in [-0.1, -0.05) is 117 Å². The van der Waals surface area contributed by atoms with Gasteiger partial charge in [0, 0.05) is 5.25 Å². The van der Waals surface area contributed by atoms with Crippen molar-refractivity contribution in [3.05, 3.63) is 0 Å². The first kappa shape index (κ1) is 33.0. The van der Waals surface area contributed by atoms with Crippen LogP contribution in [0.1, 0.15) is 142 Å². The van der Waals surface area contributed by atoms with Gasteiger partial charge in [-0.2, -0.15) is 0 Å². The minimum atomic E-state index is -4.27. The van der Waals surface area contributed by atoms with Crippen molar-refractivity contribution in [2.45, 2.75) is 154 Å². The first-order valence-electron chi connectivity index (χ1n) is 12.5. The molecule has 0 heterocycles. The molecule has 30 heavy (non-hydrogen) atoms. The van der Waals surface area contributed by atoms with Crippen molar-refractivity contribution < 1.29 is 47.6 Å². The third-order valence-electron chi connectivity index (χ3n) is 6.00. The molecule has 0 bridgehead atoms. The number of aliphatic hydroxyl groups excluding tert-OH is 1. The minimum Gasteiger partial charge on any atom is -0.748 e. The second-order valence-electron chi connectivity index (χ2n) is 8.87. The van der Waals surface area contributed by atoms with Crippen molar-refractivity contribution in [1.82, 2.24) is 0 Å². The summed E-state index contributed by atoms with van der Waals surface area (Å²) in [6.07, 6.45) is 20.5. The number of rotatable bonds is 22. The summed E-state index contributed by atoms with van der Waals surface area (Å²) in [5.74, 6) is 0. The SMILES string of the molecule is CCCCCCCCCCCCC(CCC(O)CCCCCCCC)S(=O)(=O)[O-].[Na+]. The molecule has 6 heteroatoms. The Bertz CT molecular complexity index is 442. The molecule has 0 radical (unpaired) electrons. The second kappa shape index (κ2) is 23.0. The Morgan fingerprint density at radius 1 is 0.600 bits per heavy atom. The normalized spacial score (nSPS) is 13.7. The molecule has 0 amide bonds. The van der Waals surface area contributed by atoms with E-state index in [4.69, 9.17) is 0 Å². The topological polar surface area (TPSA) is 77.4 Å². The Hall–Kier alpha value is 0.870. The van der Waals surface area contributed by atoms with Crippen LogP contribution in [-0.4, -0.2) is 29.4 Å². The van der Waals surface area contributed by atoms with Crippen molar-refractivity contribution in [3.63, 3.8) is 0 Å². The third-order valence-corrected chi connectivity index (χ3v) is 7.29. The third kappa shape index (κ3) is 22.1. The molecule has 0 aromatic rings. The summed E-state index contributed by atoms with van der Waals surface area (Å²) in [4.78, 5) is 0. The predicted octanol–water partition coefficient (Wildman–Crippen LogP) is 4.11. The van der Waals surface area contributed by atoms with Gasteiger partial charge in [-0.15, -0.1) is 0 Å². The van der Waals surface area contributed by atoms with E-state index >= 15 is 0 Å². The van der Waals surface area contributed by atoms with Gasteiger partial charge in [0.2, 0.25) is 0 Å². The van der Waals surface area contributed by atoms with E-state index in [1.807, 2.05) is 0 Å². The van der Waals surface area contributed by atoms with Crippen LogP contribution in [0, 0.1) is 0 Å². The molecule has 0 aromatic carbocycles. The van der Waals surface area contributed by atoms with E-state index < -0.39 is 21.5 Å². The Kier molecular flexibility index (Phi) is 25.4. The van der Waals surface area contributed by atoms with Gasteiger partial charge in [-0.05, 0) is 25.7 Å². The average molecular weight is 457 g/mol. The molecular weight excluding hydrogens is 407 g/mol. The molecule has 0 saturated carbocycles. The predicted molar refractivity (Wildman–Crippen MR) is 123 cm³/mol. The van der Waals surface area contributed by atoms with Gasteiger partial charge in [0.25, 0.3) is 0 Å². The molecular formula is C24H49NaO4S. The standard InChI is InChI=1S/C24H50O4S.Na/c1-3-5-7-9-11-12-13-14-16-18-20-24(29(26,27)28)22-21-23(25)19-17-15-10-8-6-4-2;/h23-25H,3-22H2,1-2H3,(H,26,27,28);/q;+1/p-1. The summed E-state index contributed by atoms with van der Waals surface area (Å²) in [6.45, 7) is 4.42. The first-order valence-corrected chi connectivity index (χ1v) is 14.0. The number of aliphatic hydroxyl groups is 1. The van der Waals surface area contributed by atoms with E-state index in [1.165, 1.54) is 70.6 Å². The summed E-state index contributed by atoms with van der Waals surface area (Å²) in [7, 11) is -4.27. The number of hydrogen-bond acceptors (Lipinski definition) is 4. The molecule has 176 valence electrons. The van der Waals surface area contributed by atoms with Crippen LogP contribution in [-0.2, 0) is 10.1 Å². The maximum atomic E-state index is 11.6. The van der Waals surface area contributed by atoms with Gasteiger partial charge in [0.1, 0.15) is 0 Å². The molecule has 0 aliphatic carbocycles. The first-order chi connectivity index (χ1) is 13.9. The minimum absolute atomic E-state index is 0. The Morgan fingerprint density at radius 2 is 0.967 bits per heavy atom. The molecule has 2 unspecified atom stereocenters. The van der Waals surface area contributed by atoms with Crippen LogP contribution in [0.5, 0.6) is 0 Å². The molecule has 0 aliphatic heterocycles. The van der Waals surface area contributed by atoms with Crippen LogP contribution in [0.15, 0.2) is 0 Å². The summed E-state index contributed by atoms with van der Waals surface area (Å²) < 4.78 is 34.7. The fraction of sp³-hybridized carbons (Fsp3) is 1.00. The molecule has 0 aromatic heterocycles. The van der Waals surface area contributed by atoms with Crippen molar-refractivity contribution in [2.75, 3.05) is 0 Å². The van der Waals surface area contributed by atoms with Crippen molar-refractivity contribution >= 4 is 10.1 Å². The number of hydrogen-bond donors (Lipinski definition) is 1. The largest absolute Gasteiger partial charge is 1.00 e. The summed E-state index contributed by atoms with van der Waals surface area (Å²) in [5.41, 5.74) is 0. The van der Waals surface area contributed by atoms with Gasteiger partial charge < -0.3 is 9.66 Å². The summed E-state index contributed by atoms with van der Waals surface area (Å²) in [5, 5.41) is 9.29. The Morgan fingerprint density at radius 3 is 1.37 bits per heavy atom. The molecule has 2 atom stereocenters. The van der Waals surface area contributed by atoms with Crippen LogP contribution >= 0.6 is 0 Å². The zero-order chi connectivity index (χ0) is 21.8. The molecule has 0 saturated heterocycles. The van der Waals surface area contributed by atoms with Crippen molar-refractivity contribution in [3.8, 4) is 0 Å². The molecule has 4 nitrogen and oxygen atoms in total. The quantitative estimate of drug-likeness (QED) is 0.151. The zero-order valence-electron chi connectivity index (χ0n) is 20.4. The van der Waals surface area contributed by atoms with Crippen molar-refractivity contribution in [2.24, 2.45) is 0 Å². The smallest absolute Gasteiger partial charge is 0.748 e. The van der Waals surface area contributed by atoms with Crippen LogP contribution in [0.2, 0.25) is 0 Å². The Balaban J connectivity index is 0. The Labute approximate surface area is 210 Å². The maximum Gasteiger partial charge on any atom is 1.00 e. The van der Waals surface area contributed by atoms with E-state index in [0.717, 1.165) is 38.5 Å². The van der Waals surface area contributed by atoms with E-state index in [1.54, 1.807) is 0 Å². The van der Waals surface area contributed by atoms with E-state index in [-0.39, 0.29) is 29.6 Å². The van der Waals surface area contributed by atoms with Crippen LogP contribution in [0.4, 0.5) is 0 Å². The van der Waals surface area contributed by atoms with Gasteiger partial charge in [0.15, 0.2) is 0 Å². The summed E-state index contributed by atoms with van der Waals surface area (Å²) >= 11 is 0. The maximum absolute atomic E-state index is 11.6. The van der Waals surface area contributed by atoms with Crippen LogP contribution in [0.3, 0.4) is 0 Å². The van der Waals surface area contributed by atoms with Gasteiger partial charge >= 0.3 is 29.6 Å².